The van der Waals surface area contributed by atoms with Crippen LogP contribution in [-0.4, -0.2) is 13.1 Å². The van der Waals surface area contributed by atoms with Crippen LogP contribution in [0.15, 0.2) is 42.5 Å². The third-order valence-electron chi connectivity index (χ3n) is 2.91. The number of hydrogen-bond donors (Lipinski definition) is 1. The van der Waals surface area contributed by atoms with Gasteiger partial charge in [0, 0.05) is 13.1 Å². The number of rotatable bonds is 1. The lowest BCUT2D eigenvalue weighted by molar-refractivity contribution is 0.788. The Morgan fingerprint density at radius 3 is 2.67 bits per heavy atom. The first-order valence-electron chi connectivity index (χ1n) is 5.43. The van der Waals surface area contributed by atoms with Gasteiger partial charge < -0.3 is 5.01 Å². The summed E-state index contributed by atoms with van der Waals surface area (Å²) in [4.78, 5) is 0. The Balaban J connectivity index is 2.05. The third-order valence-corrected chi connectivity index (χ3v) is 2.91. The van der Waals surface area contributed by atoms with Crippen LogP contribution < -0.4 is 10.4 Å². The van der Waals surface area contributed by atoms with Crippen LogP contribution in [0.5, 0.6) is 0 Å². The van der Waals surface area contributed by atoms with E-state index in [1.165, 1.54) is 22.9 Å². The maximum atomic E-state index is 3.37. The van der Waals surface area contributed by atoms with Crippen molar-refractivity contribution in [3.8, 4) is 0 Å². The molecule has 0 spiro atoms. The summed E-state index contributed by atoms with van der Waals surface area (Å²) in [5.74, 6) is 0. The van der Waals surface area contributed by atoms with Crippen LogP contribution in [-0.2, 0) is 0 Å². The van der Waals surface area contributed by atoms with Crippen LogP contribution in [0.25, 0.3) is 10.8 Å². The van der Waals surface area contributed by atoms with E-state index in [4.69, 9.17) is 0 Å². The smallest absolute Gasteiger partial charge is 0.0526 e. The minimum atomic E-state index is 1.09. The van der Waals surface area contributed by atoms with Crippen molar-refractivity contribution in [1.29, 1.82) is 0 Å². The normalized spacial score (nSPS) is 16.1. The standard InChI is InChI=1S/C13H14N2/c1-2-5-12-10-13(7-6-11(12)4-1)15-9-3-8-14-15/h1-2,4-7,10,14H,3,8-9H2. The van der Waals surface area contributed by atoms with Gasteiger partial charge in [-0.2, -0.15) is 0 Å². The van der Waals surface area contributed by atoms with E-state index in [0.717, 1.165) is 13.1 Å². The number of fused-ring (bicyclic) bond motifs is 1. The number of benzene rings is 2. The lowest BCUT2D eigenvalue weighted by Gasteiger charge is -2.18. The average Bonchev–Trinajstić information content (AvgIpc) is 2.82. The van der Waals surface area contributed by atoms with E-state index in [9.17, 15) is 0 Å². The molecule has 0 saturated carbocycles. The fourth-order valence-corrected chi connectivity index (χ4v) is 2.10. The zero-order chi connectivity index (χ0) is 10.1. The maximum absolute atomic E-state index is 3.37. The monoisotopic (exact) mass is 198 g/mol. The Morgan fingerprint density at radius 2 is 1.87 bits per heavy atom. The van der Waals surface area contributed by atoms with Crippen molar-refractivity contribution in [3.63, 3.8) is 0 Å². The summed E-state index contributed by atoms with van der Waals surface area (Å²) in [6.07, 6.45) is 1.23. The second-order valence-corrected chi connectivity index (χ2v) is 3.94. The van der Waals surface area contributed by atoms with Gasteiger partial charge in [-0.15, -0.1) is 0 Å². The van der Waals surface area contributed by atoms with Gasteiger partial charge in [-0.1, -0.05) is 30.3 Å². The number of hydrogen-bond acceptors (Lipinski definition) is 2. The highest BCUT2D eigenvalue weighted by Gasteiger charge is 2.11. The van der Waals surface area contributed by atoms with Crippen molar-refractivity contribution < 1.29 is 0 Å². The van der Waals surface area contributed by atoms with Gasteiger partial charge in [0.05, 0.1) is 5.69 Å². The molecule has 0 radical (unpaired) electrons. The van der Waals surface area contributed by atoms with Crippen molar-refractivity contribution in [2.24, 2.45) is 0 Å². The number of anilines is 1. The molecular formula is C13H14N2. The fourth-order valence-electron chi connectivity index (χ4n) is 2.10. The van der Waals surface area contributed by atoms with Crippen LogP contribution in [0.1, 0.15) is 6.42 Å². The van der Waals surface area contributed by atoms with Crippen LogP contribution in [0, 0.1) is 0 Å². The summed E-state index contributed by atoms with van der Waals surface area (Å²) in [5, 5.41) is 4.84. The highest BCUT2D eigenvalue weighted by atomic mass is 15.5. The molecule has 0 aromatic heterocycles. The molecule has 1 fully saturated rings. The quantitative estimate of drug-likeness (QED) is 0.757. The first-order chi connectivity index (χ1) is 7.43. The summed E-state index contributed by atoms with van der Waals surface area (Å²) in [6, 6.07) is 15.1. The molecule has 1 saturated heterocycles. The minimum Gasteiger partial charge on any atom is -0.308 e. The molecule has 0 aliphatic carbocycles. The van der Waals surface area contributed by atoms with Crippen molar-refractivity contribution in [3.05, 3.63) is 42.5 Å². The van der Waals surface area contributed by atoms with E-state index in [1.54, 1.807) is 0 Å². The average molecular weight is 198 g/mol. The van der Waals surface area contributed by atoms with Crippen molar-refractivity contribution in [1.82, 2.24) is 5.43 Å². The van der Waals surface area contributed by atoms with Crippen LogP contribution in [0.2, 0.25) is 0 Å². The van der Waals surface area contributed by atoms with Crippen LogP contribution >= 0.6 is 0 Å². The molecule has 3 rings (SSSR count). The fraction of sp³-hybridized carbons (Fsp3) is 0.231. The molecule has 1 aliphatic heterocycles. The maximum Gasteiger partial charge on any atom is 0.0526 e. The zero-order valence-electron chi connectivity index (χ0n) is 8.61. The second-order valence-electron chi connectivity index (χ2n) is 3.94. The molecule has 2 nitrogen and oxygen atoms in total. The number of nitrogens with one attached hydrogen (secondary N) is 1. The Morgan fingerprint density at radius 1 is 1.00 bits per heavy atom. The van der Waals surface area contributed by atoms with E-state index >= 15 is 0 Å². The van der Waals surface area contributed by atoms with Crippen LogP contribution in [0.4, 0.5) is 5.69 Å². The van der Waals surface area contributed by atoms with E-state index in [0.29, 0.717) is 0 Å². The summed E-state index contributed by atoms with van der Waals surface area (Å²) >= 11 is 0. The SMILES string of the molecule is c1ccc2cc(N3CCCN3)ccc2c1. The van der Waals surface area contributed by atoms with Gasteiger partial charge in [0.25, 0.3) is 0 Å². The second kappa shape index (κ2) is 3.55. The minimum absolute atomic E-state index is 1.09. The van der Waals surface area contributed by atoms with Gasteiger partial charge >= 0.3 is 0 Å². The Labute approximate surface area is 89.5 Å². The largest absolute Gasteiger partial charge is 0.308 e. The number of nitrogens with zero attached hydrogens (tertiary/aromatic N) is 1. The van der Waals surface area contributed by atoms with Crippen molar-refractivity contribution in [2.45, 2.75) is 6.42 Å². The zero-order valence-corrected chi connectivity index (χ0v) is 8.61. The van der Waals surface area contributed by atoms with Gasteiger partial charge in [0.2, 0.25) is 0 Å². The van der Waals surface area contributed by atoms with Gasteiger partial charge in [-0.25, -0.2) is 5.43 Å². The van der Waals surface area contributed by atoms with Gasteiger partial charge in [-0.05, 0) is 29.3 Å². The first-order valence-corrected chi connectivity index (χ1v) is 5.43. The Bertz CT molecular complexity index is 473. The van der Waals surface area contributed by atoms with Gasteiger partial charge in [-0.3, -0.25) is 0 Å². The molecule has 0 unspecified atom stereocenters. The lowest BCUT2D eigenvalue weighted by Crippen LogP contribution is -2.30. The molecule has 0 atom stereocenters. The molecule has 2 aromatic rings. The Kier molecular flexibility index (Phi) is 2.07. The first kappa shape index (κ1) is 8.74. The summed E-state index contributed by atoms with van der Waals surface area (Å²) in [6.45, 7) is 2.20. The van der Waals surface area contributed by atoms with Gasteiger partial charge in [0.15, 0.2) is 0 Å². The molecule has 0 bridgehead atoms. The molecule has 76 valence electrons. The lowest BCUT2D eigenvalue weighted by atomic mass is 10.1. The van der Waals surface area contributed by atoms with Crippen molar-refractivity contribution >= 4 is 16.5 Å². The van der Waals surface area contributed by atoms with Crippen LogP contribution in [0.3, 0.4) is 0 Å². The van der Waals surface area contributed by atoms with Crippen molar-refractivity contribution in [2.75, 3.05) is 18.1 Å². The van der Waals surface area contributed by atoms with E-state index in [2.05, 4.69) is 52.9 Å². The van der Waals surface area contributed by atoms with Gasteiger partial charge in [0.1, 0.15) is 0 Å². The molecule has 0 amide bonds. The highest BCUT2D eigenvalue weighted by Crippen LogP contribution is 2.22. The molecule has 15 heavy (non-hydrogen) atoms. The summed E-state index contributed by atoms with van der Waals surface area (Å²) < 4.78 is 0. The number of hydrazine groups is 1. The van der Waals surface area contributed by atoms with E-state index < -0.39 is 0 Å². The molecular weight excluding hydrogens is 184 g/mol. The Hall–Kier alpha value is -1.54. The highest BCUT2D eigenvalue weighted by molar-refractivity contribution is 5.85. The molecule has 1 heterocycles. The summed E-state index contributed by atoms with van der Waals surface area (Å²) in [7, 11) is 0. The third kappa shape index (κ3) is 1.57. The van der Waals surface area contributed by atoms with E-state index in [1.807, 2.05) is 0 Å². The predicted molar refractivity (Wildman–Crippen MR) is 63.9 cm³/mol. The predicted octanol–water partition coefficient (Wildman–Crippen LogP) is 2.55. The molecule has 1 N–H and O–H groups in total. The molecule has 2 aromatic carbocycles. The summed E-state index contributed by atoms with van der Waals surface area (Å²) in [5.41, 5.74) is 4.64. The molecule has 1 aliphatic rings. The topological polar surface area (TPSA) is 15.3 Å². The van der Waals surface area contributed by atoms with E-state index in [-0.39, 0.29) is 0 Å². The molecule has 2 heteroatoms.